The molecule has 0 bridgehead atoms. The number of hydrogen-bond donors (Lipinski definition) is 1. The second-order valence-corrected chi connectivity index (χ2v) is 6.16. The van der Waals surface area contributed by atoms with Crippen molar-refractivity contribution in [2.75, 3.05) is 17.7 Å². The maximum Gasteiger partial charge on any atom is 0.316 e. The fourth-order valence-corrected chi connectivity index (χ4v) is 3.20. The standard InChI is InChI=1S/C15H15NO3S2/c17-14(16-12-5-2-1-3-6-12)9-19-15(18)11-20-10-13-7-4-8-21-13/h1-8H,9-11H2,(H,16,17). The van der Waals surface area contributed by atoms with Crippen molar-refractivity contribution in [3.05, 3.63) is 52.7 Å². The van der Waals surface area contributed by atoms with Crippen LogP contribution in [0.25, 0.3) is 0 Å². The molecule has 2 aromatic rings. The molecule has 6 heteroatoms. The summed E-state index contributed by atoms with van der Waals surface area (Å²) in [7, 11) is 0. The zero-order valence-electron chi connectivity index (χ0n) is 11.3. The van der Waals surface area contributed by atoms with Crippen LogP contribution in [-0.4, -0.2) is 24.2 Å². The number of ether oxygens (including phenoxy) is 1. The first-order chi connectivity index (χ1) is 10.2. The number of benzene rings is 1. The molecule has 110 valence electrons. The van der Waals surface area contributed by atoms with Crippen molar-refractivity contribution in [3.8, 4) is 0 Å². The molecule has 0 saturated carbocycles. The fourth-order valence-electron chi connectivity index (χ4n) is 1.54. The van der Waals surface area contributed by atoms with Gasteiger partial charge in [-0.1, -0.05) is 24.3 Å². The van der Waals surface area contributed by atoms with Crippen LogP contribution in [0.2, 0.25) is 0 Å². The van der Waals surface area contributed by atoms with Crippen LogP contribution in [0.15, 0.2) is 47.8 Å². The van der Waals surface area contributed by atoms with Crippen molar-refractivity contribution in [2.45, 2.75) is 5.75 Å². The highest BCUT2D eigenvalue weighted by atomic mass is 32.2. The van der Waals surface area contributed by atoms with E-state index in [1.54, 1.807) is 23.5 Å². The van der Waals surface area contributed by atoms with E-state index in [9.17, 15) is 9.59 Å². The van der Waals surface area contributed by atoms with Crippen molar-refractivity contribution in [1.29, 1.82) is 0 Å². The lowest BCUT2D eigenvalue weighted by Gasteiger charge is -2.06. The number of esters is 1. The van der Waals surface area contributed by atoms with Crippen LogP contribution >= 0.6 is 23.1 Å². The molecular weight excluding hydrogens is 306 g/mol. The zero-order chi connectivity index (χ0) is 14.9. The van der Waals surface area contributed by atoms with Crippen molar-refractivity contribution in [2.24, 2.45) is 0 Å². The number of amides is 1. The van der Waals surface area contributed by atoms with E-state index < -0.39 is 0 Å². The summed E-state index contributed by atoms with van der Waals surface area (Å²) in [6.07, 6.45) is 0. The molecule has 4 nitrogen and oxygen atoms in total. The lowest BCUT2D eigenvalue weighted by Crippen LogP contribution is -2.21. The number of carbonyl (C=O) groups excluding carboxylic acids is 2. The zero-order valence-corrected chi connectivity index (χ0v) is 12.9. The van der Waals surface area contributed by atoms with Gasteiger partial charge in [0.1, 0.15) is 0 Å². The van der Waals surface area contributed by atoms with E-state index in [4.69, 9.17) is 4.74 Å². The molecule has 1 amide bonds. The first-order valence-electron chi connectivity index (χ1n) is 6.34. The summed E-state index contributed by atoms with van der Waals surface area (Å²) in [5.74, 6) is 0.317. The molecule has 21 heavy (non-hydrogen) atoms. The van der Waals surface area contributed by atoms with Gasteiger partial charge in [0.15, 0.2) is 6.61 Å². The van der Waals surface area contributed by atoms with E-state index in [-0.39, 0.29) is 24.2 Å². The highest BCUT2D eigenvalue weighted by molar-refractivity contribution is 7.99. The van der Waals surface area contributed by atoms with Crippen LogP contribution < -0.4 is 5.32 Å². The van der Waals surface area contributed by atoms with Gasteiger partial charge < -0.3 is 10.1 Å². The van der Waals surface area contributed by atoms with Crippen LogP contribution in [0.5, 0.6) is 0 Å². The van der Waals surface area contributed by atoms with Gasteiger partial charge in [0, 0.05) is 16.3 Å². The molecule has 0 atom stereocenters. The number of anilines is 1. The highest BCUT2D eigenvalue weighted by Crippen LogP contribution is 2.16. The molecule has 1 aromatic heterocycles. The van der Waals surface area contributed by atoms with Gasteiger partial charge in [-0.15, -0.1) is 23.1 Å². The van der Waals surface area contributed by atoms with Crippen LogP contribution in [0.1, 0.15) is 4.88 Å². The van der Waals surface area contributed by atoms with Crippen molar-refractivity contribution >= 4 is 40.7 Å². The van der Waals surface area contributed by atoms with E-state index in [0.29, 0.717) is 5.69 Å². The van der Waals surface area contributed by atoms with E-state index in [0.717, 1.165) is 5.75 Å². The second kappa shape index (κ2) is 8.49. The quantitative estimate of drug-likeness (QED) is 0.796. The minimum absolute atomic E-state index is 0.247. The summed E-state index contributed by atoms with van der Waals surface area (Å²) >= 11 is 3.14. The third kappa shape index (κ3) is 6.01. The predicted octanol–water partition coefficient (Wildman–Crippen LogP) is 3.16. The van der Waals surface area contributed by atoms with Gasteiger partial charge in [-0.05, 0) is 23.6 Å². The van der Waals surface area contributed by atoms with E-state index in [1.165, 1.54) is 16.6 Å². The van der Waals surface area contributed by atoms with Crippen LogP contribution in [0.3, 0.4) is 0 Å². The van der Waals surface area contributed by atoms with Crippen molar-refractivity contribution < 1.29 is 14.3 Å². The predicted molar refractivity (Wildman–Crippen MR) is 86.5 cm³/mol. The molecule has 0 aliphatic carbocycles. The summed E-state index contributed by atoms with van der Waals surface area (Å²) in [6.45, 7) is -0.257. The molecule has 0 fully saturated rings. The van der Waals surface area contributed by atoms with E-state index in [1.807, 2.05) is 35.7 Å². The monoisotopic (exact) mass is 321 g/mol. The molecule has 0 saturated heterocycles. The lowest BCUT2D eigenvalue weighted by atomic mass is 10.3. The molecule has 0 aliphatic rings. The number of para-hydroxylation sites is 1. The number of hydrogen-bond acceptors (Lipinski definition) is 5. The summed E-state index contributed by atoms with van der Waals surface area (Å²) < 4.78 is 4.93. The van der Waals surface area contributed by atoms with Gasteiger partial charge in [0.25, 0.3) is 5.91 Å². The molecule has 1 heterocycles. The summed E-state index contributed by atoms with van der Waals surface area (Å²) in [5, 5.41) is 4.66. The molecular formula is C15H15NO3S2. The Morgan fingerprint density at radius 2 is 1.95 bits per heavy atom. The molecule has 0 aliphatic heterocycles. The Labute approximate surface area is 131 Å². The normalized spacial score (nSPS) is 10.1. The number of thiophene rings is 1. The van der Waals surface area contributed by atoms with Crippen LogP contribution in [-0.2, 0) is 20.1 Å². The third-order valence-corrected chi connectivity index (χ3v) is 4.48. The smallest absolute Gasteiger partial charge is 0.316 e. The molecule has 1 aromatic carbocycles. The summed E-state index contributed by atoms with van der Waals surface area (Å²) in [5.41, 5.74) is 0.686. The molecule has 0 radical (unpaired) electrons. The molecule has 2 rings (SSSR count). The Hall–Kier alpha value is -1.79. The van der Waals surface area contributed by atoms with Gasteiger partial charge >= 0.3 is 5.97 Å². The number of rotatable bonds is 7. The maximum atomic E-state index is 11.6. The third-order valence-electron chi connectivity index (χ3n) is 2.47. The van der Waals surface area contributed by atoms with E-state index >= 15 is 0 Å². The summed E-state index contributed by atoms with van der Waals surface area (Å²) in [4.78, 5) is 24.3. The average Bonchev–Trinajstić information content (AvgIpc) is 2.99. The molecule has 1 N–H and O–H groups in total. The Morgan fingerprint density at radius 3 is 2.67 bits per heavy atom. The largest absolute Gasteiger partial charge is 0.455 e. The van der Waals surface area contributed by atoms with Gasteiger partial charge in [-0.2, -0.15) is 0 Å². The summed E-state index contributed by atoms with van der Waals surface area (Å²) in [6, 6.07) is 13.1. The minimum atomic E-state index is -0.375. The van der Waals surface area contributed by atoms with Gasteiger partial charge in [-0.25, -0.2) is 0 Å². The van der Waals surface area contributed by atoms with Gasteiger partial charge in [0.05, 0.1) is 5.75 Å². The topological polar surface area (TPSA) is 55.4 Å². The maximum absolute atomic E-state index is 11.6. The lowest BCUT2D eigenvalue weighted by molar-refractivity contribution is -0.144. The number of thioether (sulfide) groups is 1. The minimum Gasteiger partial charge on any atom is -0.455 e. The number of nitrogens with one attached hydrogen (secondary N) is 1. The second-order valence-electron chi connectivity index (χ2n) is 4.15. The van der Waals surface area contributed by atoms with E-state index in [2.05, 4.69) is 5.32 Å². The van der Waals surface area contributed by atoms with Crippen molar-refractivity contribution in [3.63, 3.8) is 0 Å². The van der Waals surface area contributed by atoms with Crippen LogP contribution in [0, 0.1) is 0 Å². The fraction of sp³-hybridized carbons (Fsp3) is 0.200. The molecule has 0 spiro atoms. The first kappa shape index (κ1) is 15.6. The average molecular weight is 321 g/mol. The Balaban J connectivity index is 1.61. The SMILES string of the molecule is O=C(COC(=O)CSCc1cccs1)Nc1ccccc1. The molecule has 0 unspecified atom stereocenters. The van der Waals surface area contributed by atoms with Crippen LogP contribution in [0.4, 0.5) is 5.69 Å². The Bertz CT molecular complexity index is 570. The Kier molecular flexibility index (Phi) is 6.30. The Morgan fingerprint density at radius 1 is 1.14 bits per heavy atom. The first-order valence-corrected chi connectivity index (χ1v) is 8.38. The number of carbonyl (C=O) groups is 2. The van der Waals surface area contributed by atoms with Crippen molar-refractivity contribution in [1.82, 2.24) is 0 Å². The van der Waals surface area contributed by atoms with Gasteiger partial charge in [0.2, 0.25) is 0 Å². The van der Waals surface area contributed by atoms with Gasteiger partial charge in [-0.3, -0.25) is 9.59 Å². The highest BCUT2D eigenvalue weighted by Gasteiger charge is 2.08.